The van der Waals surface area contributed by atoms with E-state index in [2.05, 4.69) is 46.1 Å². The second-order valence-electron chi connectivity index (χ2n) is 4.54. The van der Waals surface area contributed by atoms with Crippen molar-refractivity contribution in [1.29, 1.82) is 0 Å². The zero-order valence-electron chi connectivity index (χ0n) is 9.70. The van der Waals surface area contributed by atoms with E-state index in [0.717, 1.165) is 16.9 Å². The molecule has 2 heterocycles. The summed E-state index contributed by atoms with van der Waals surface area (Å²) < 4.78 is 0. The van der Waals surface area contributed by atoms with Crippen molar-refractivity contribution in [3.8, 4) is 0 Å². The smallest absolute Gasteiger partial charge is 0.126 e. The summed E-state index contributed by atoms with van der Waals surface area (Å²) >= 11 is 0. The molecule has 2 aromatic carbocycles. The predicted octanol–water partition coefficient (Wildman–Crippen LogP) is 3.32. The van der Waals surface area contributed by atoms with Crippen molar-refractivity contribution < 1.29 is 0 Å². The van der Waals surface area contributed by atoms with Gasteiger partial charge in [-0.1, -0.05) is 6.07 Å². The fourth-order valence-corrected chi connectivity index (χ4v) is 2.71. The number of nitrogens with zero attached hydrogens (tertiary/aromatic N) is 2. The third-order valence-electron chi connectivity index (χ3n) is 3.41. The van der Waals surface area contributed by atoms with Gasteiger partial charge in [-0.15, -0.1) is 0 Å². The third-order valence-corrected chi connectivity index (χ3v) is 3.41. The molecule has 17 heavy (non-hydrogen) atoms. The Morgan fingerprint density at radius 2 is 1.59 bits per heavy atom. The molecule has 2 aromatic heterocycles. The topological polar surface area (TPSA) is 41.6 Å². The molecule has 0 unspecified atom stereocenters. The lowest BCUT2D eigenvalue weighted by molar-refractivity contribution is 1.12. The lowest BCUT2D eigenvalue weighted by Crippen LogP contribution is -1.91. The van der Waals surface area contributed by atoms with Gasteiger partial charge in [0.15, 0.2) is 0 Å². The standard InChI is InChI=1S/C14H11N3/c1-7-9-3-4-11-14-12(17-8(2)16-11)6-5-10(15-7)13(9)14/h3-6,15H,1-2H3. The second-order valence-corrected chi connectivity index (χ2v) is 4.54. The Labute approximate surface area is 97.8 Å². The minimum Gasteiger partial charge on any atom is -0.358 e. The second kappa shape index (κ2) is 2.74. The molecule has 0 fully saturated rings. The molecule has 0 radical (unpaired) electrons. The summed E-state index contributed by atoms with van der Waals surface area (Å²) in [6.07, 6.45) is 0. The molecule has 4 aromatic rings. The molecule has 4 rings (SSSR count). The summed E-state index contributed by atoms with van der Waals surface area (Å²) in [6, 6.07) is 8.39. The number of hydrogen-bond acceptors (Lipinski definition) is 2. The molecule has 0 saturated carbocycles. The van der Waals surface area contributed by atoms with Gasteiger partial charge >= 0.3 is 0 Å². The normalized spacial score (nSPS) is 12.1. The van der Waals surface area contributed by atoms with Crippen LogP contribution >= 0.6 is 0 Å². The van der Waals surface area contributed by atoms with E-state index >= 15 is 0 Å². The first-order chi connectivity index (χ1) is 8.24. The number of nitrogens with one attached hydrogen (secondary N) is 1. The molecule has 3 heteroatoms. The Balaban J connectivity index is 2.45. The van der Waals surface area contributed by atoms with Gasteiger partial charge in [0.2, 0.25) is 0 Å². The van der Waals surface area contributed by atoms with Crippen LogP contribution in [0.2, 0.25) is 0 Å². The van der Waals surface area contributed by atoms with Crippen molar-refractivity contribution in [2.45, 2.75) is 13.8 Å². The van der Waals surface area contributed by atoms with Gasteiger partial charge in [0.1, 0.15) is 5.82 Å². The highest BCUT2D eigenvalue weighted by molar-refractivity contribution is 6.21. The first-order valence-corrected chi connectivity index (χ1v) is 5.72. The number of aromatic nitrogens is 3. The van der Waals surface area contributed by atoms with Crippen LogP contribution in [0.3, 0.4) is 0 Å². The monoisotopic (exact) mass is 221 g/mol. The van der Waals surface area contributed by atoms with Crippen LogP contribution in [0.5, 0.6) is 0 Å². The third kappa shape index (κ3) is 1.01. The Morgan fingerprint density at radius 1 is 0.882 bits per heavy atom. The van der Waals surface area contributed by atoms with Gasteiger partial charge < -0.3 is 4.98 Å². The highest BCUT2D eigenvalue weighted by atomic mass is 14.9. The van der Waals surface area contributed by atoms with Gasteiger partial charge in [0.05, 0.1) is 11.0 Å². The van der Waals surface area contributed by atoms with Crippen LogP contribution < -0.4 is 0 Å². The lowest BCUT2D eigenvalue weighted by Gasteiger charge is -2.05. The molecule has 0 aliphatic rings. The van der Waals surface area contributed by atoms with Crippen LogP contribution in [-0.2, 0) is 0 Å². The van der Waals surface area contributed by atoms with Crippen molar-refractivity contribution >= 4 is 32.7 Å². The van der Waals surface area contributed by atoms with Gasteiger partial charge in [0, 0.05) is 27.4 Å². The van der Waals surface area contributed by atoms with Crippen LogP contribution in [0, 0.1) is 13.8 Å². The Bertz CT molecular complexity index is 839. The number of hydrogen-bond donors (Lipinski definition) is 1. The number of rotatable bonds is 0. The highest BCUT2D eigenvalue weighted by Gasteiger charge is 2.12. The number of benzene rings is 2. The van der Waals surface area contributed by atoms with Gasteiger partial charge in [-0.05, 0) is 32.0 Å². The zero-order valence-corrected chi connectivity index (χ0v) is 9.70. The Morgan fingerprint density at radius 3 is 2.35 bits per heavy atom. The Hall–Kier alpha value is -2.16. The molecule has 0 saturated heterocycles. The molecule has 0 amide bonds. The van der Waals surface area contributed by atoms with E-state index < -0.39 is 0 Å². The van der Waals surface area contributed by atoms with Crippen LogP contribution in [0.15, 0.2) is 24.3 Å². The van der Waals surface area contributed by atoms with Crippen molar-refractivity contribution in [2.75, 3.05) is 0 Å². The molecule has 1 N–H and O–H groups in total. The van der Waals surface area contributed by atoms with E-state index in [1.807, 2.05) is 6.92 Å². The number of H-pyrrole nitrogens is 1. The van der Waals surface area contributed by atoms with Crippen LogP contribution in [0.1, 0.15) is 11.5 Å². The van der Waals surface area contributed by atoms with Crippen LogP contribution in [-0.4, -0.2) is 15.0 Å². The largest absolute Gasteiger partial charge is 0.358 e. The van der Waals surface area contributed by atoms with E-state index in [1.54, 1.807) is 0 Å². The lowest BCUT2D eigenvalue weighted by atomic mass is 10.0. The molecule has 0 bridgehead atoms. The van der Waals surface area contributed by atoms with Crippen molar-refractivity contribution in [3.63, 3.8) is 0 Å². The van der Waals surface area contributed by atoms with Crippen molar-refractivity contribution in [2.24, 2.45) is 0 Å². The van der Waals surface area contributed by atoms with E-state index in [4.69, 9.17) is 0 Å². The van der Waals surface area contributed by atoms with Gasteiger partial charge in [0.25, 0.3) is 0 Å². The average molecular weight is 221 g/mol. The van der Waals surface area contributed by atoms with E-state index in [1.165, 1.54) is 27.4 Å². The summed E-state index contributed by atoms with van der Waals surface area (Å²) in [6.45, 7) is 4.04. The summed E-state index contributed by atoms with van der Waals surface area (Å²) in [4.78, 5) is 12.4. The summed E-state index contributed by atoms with van der Waals surface area (Å²) in [5, 5.41) is 3.71. The van der Waals surface area contributed by atoms with Gasteiger partial charge in [-0.3, -0.25) is 0 Å². The summed E-state index contributed by atoms with van der Waals surface area (Å²) in [5.74, 6) is 0.826. The minimum atomic E-state index is 0.826. The van der Waals surface area contributed by atoms with E-state index in [-0.39, 0.29) is 0 Å². The van der Waals surface area contributed by atoms with Gasteiger partial charge in [-0.2, -0.15) is 0 Å². The molecular formula is C14H11N3. The molecule has 0 spiro atoms. The molecule has 0 aliphatic heterocycles. The van der Waals surface area contributed by atoms with Crippen LogP contribution in [0.25, 0.3) is 32.7 Å². The maximum atomic E-state index is 4.51. The molecule has 3 nitrogen and oxygen atoms in total. The maximum absolute atomic E-state index is 4.51. The fraction of sp³-hybridized carbons (Fsp3) is 0.143. The highest BCUT2D eigenvalue weighted by Crippen LogP contribution is 2.34. The molecular weight excluding hydrogens is 210 g/mol. The minimum absolute atomic E-state index is 0.826. The van der Waals surface area contributed by atoms with E-state index in [9.17, 15) is 0 Å². The van der Waals surface area contributed by atoms with Crippen molar-refractivity contribution in [1.82, 2.24) is 15.0 Å². The molecule has 0 atom stereocenters. The summed E-state index contributed by atoms with van der Waals surface area (Å²) in [5.41, 5.74) is 4.44. The quantitative estimate of drug-likeness (QED) is 0.495. The zero-order chi connectivity index (χ0) is 11.6. The first-order valence-electron chi connectivity index (χ1n) is 5.72. The van der Waals surface area contributed by atoms with E-state index in [0.29, 0.717) is 0 Å². The predicted molar refractivity (Wildman–Crippen MR) is 69.6 cm³/mol. The first kappa shape index (κ1) is 8.93. The Kier molecular flexibility index (Phi) is 1.44. The summed E-state index contributed by atoms with van der Waals surface area (Å²) in [7, 11) is 0. The number of aryl methyl sites for hydroxylation is 2. The SMILES string of the molecule is Cc1nc2ccc3[nH]c(C)c4ccc(n1)c2c34. The average Bonchev–Trinajstić information content (AvgIpc) is 2.63. The molecule has 0 aliphatic carbocycles. The van der Waals surface area contributed by atoms with Crippen molar-refractivity contribution in [3.05, 3.63) is 35.8 Å². The number of aromatic amines is 1. The molecule has 82 valence electrons. The fourth-order valence-electron chi connectivity index (χ4n) is 2.71. The van der Waals surface area contributed by atoms with Crippen LogP contribution in [0.4, 0.5) is 0 Å². The maximum Gasteiger partial charge on any atom is 0.126 e. The van der Waals surface area contributed by atoms with Gasteiger partial charge in [-0.25, -0.2) is 9.97 Å².